The van der Waals surface area contributed by atoms with E-state index in [4.69, 9.17) is 10.2 Å². The molecule has 124 valence electrons. The van der Waals surface area contributed by atoms with Gasteiger partial charge in [0, 0.05) is 13.1 Å². The number of hydrogen-bond donors (Lipinski definition) is 7. The van der Waals surface area contributed by atoms with E-state index in [-0.39, 0.29) is 12.1 Å². The molecule has 0 aromatic heterocycles. The Bertz CT molecular complexity index is 465. The van der Waals surface area contributed by atoms with Crippen LogP contribution in [0.1, 0.15) is 15.9 Å². The van der Waals surface area contributed by atoms with Crippen LogP contribution in [-0.4, -0.2) is 74.2 Å². The summed E-state index contributed by atoms with van der Waals surface area (Å²) >= 11 is 0. The number of nitrogens with one attached hydrogen (secondary N) is 1. The van der Waals surface area contributed by atoms with E-state index in [1.165, 1.54) is 12.1 Å². The Morgan fingerprint density at radius 1 is 1.00 bits per heavy atom. The molecule has 0 amide bonds. The Hall–Kier alpha value is -1.55. The molecule has 0 fully saturated rings. The number of carbonyl (C=O) groups is 1. The van der Waals surface area contributed by atoms with Crippen molar-refractivity contribution in [2.24, 2.45) is 0 Å². The van der Waals surface area contributed by atoms with Gasteiger partial charge in [-0.15, -0.1) is 0 Å². The summed E-state index contributed by atoms with van der Waals surface area (Å²) in [5.74, 6) is -1.02. The minimum Gasteiger partial charge on any atom is -0.478 e. The number of hydrogen-bond acceptors (Lipinski definition) is 7. The van der Waals surface area contributed by atoms with E-state index in [1.807, 2.05) is 0 Å². The highest BCUT2D eigenvalue weighted by Crippen LogP contribution is 2.06. The van der Waals surface area contributed by atoms with Crippen LogP contribution in [0.2, 0.25) is 0 Å². The van der Waals surface area contributed by atoms with Gasteiger partial charge in [0.05, 0.1) is 18.3 Å². The van der Waals surface area contributed by atoms with Crippen LogP contribution in [0.15, 0.2) is 24.3 Å². The lowest BCUT2D eigenvalue weighted by molar-refractivity contribution is -0.114. The molecule has 0 saturated carbocycles. The largest absolute Gasteiger partial charge is 0.478 e. The van der Waals surface area contributed by atoms with Gasteiger partial charge in [0.25, 0.3) is 0 Å². The molecule has 1 rings (SSSR count). The summed E-state index contributed by atoms with van der Waals surface area (Å²) in [6.45, 7) is -0.465. The maximum absolute atomic E-state index is 10.7. The summed E-state index contributed by atoms with van der Waals surface area (Å²) in [4.78, 5) is 10.7. The van der Waals surface area contributed by atoms with Crippen LogP contribution in [0.4, 0.5) is 0 Å². The van der Waals surface area contributed by atoms with E-state index in [0.717, 1.165) is 5.56 Å². The molecule has 0 aliphatic heterocycles. The van der Waals surface area contributed by atoms with Crippen molar-refractivity contribution in [3.05, 3.63) is 35.4 Å². The van der Waals surface area contributed by atoms with Crippen LogP contribution < -0.4 is 5.32 Å². The van der Waals surface area contributed by atoms with Crippen molar-refractivity contribution in [1.29, 1.82) is 0 Å². The molecule has 1 aromatic rings. The third-order valence-corrected chi connectivity index (χ3v) is 3.21. The maximum atomic E-state index is 10.7. The monoisotopic (exact) mass is 315 g/mol. The molecule has 0 bridgehead atoms. The molecule has 22 heavy (non-hydrogen) atoms. The molecule has 7 N–H and O–H groups in total. The van der Waals surface area contributed by atoms with E-state index in [2.05, 4.69) is 5.32 Å². The summed E-state index contributed by atoms with van der Waals surface area (Å²) < 4.78 is 0. The van der Waals surface area contributed by atoms with Crippen LogP contribution in [0.25, 0.3) is 0 Å². The highest BCUT2D eigenvalue weighted by molar-refractivity contribution is 5.87. The summed E-state index contributed by atoms with van der Waals surface area (Å²) in [5, 5.41) is 58.2. The number of carboxylic acid groups (broad SMARTS) is 1. The molecule has 1 aromatic carbocycles. The van der Waals surface area contributed by atoms with E-state index in [9.17, 15) is 25.2 Å². The van der Waals surface area contributed by atoms with Gasteiger partial charge in [-0.25, -0.2) is 4.79 Å². The van der Waals surface area contributed by atoms with E-state index < -0.39 is 37.0 Å². The SMILES string of the molecule is O=C(O)c1ccc(CNC[C@H](O)[C@@H](O)[C@H](O)[C@H](O)CO)cc1. The van der Waals surface area contributed by atoms with Gasteiger partial charge in [-0.2, -0.15) is 0 Å². The lowest BCUT2D eigenvalue weighted by atomic mass is 10.0. The zero-order valence-electron chi connectivity index (χ0n) is 11.8. The molecule has 8 heteroatoms. The van der Waals surface area contributed by atoms with E-state index in [0.29, 0.717) is 6.54 Å². The van der Waals surface area contributed by atoms with Crippen LogP contribution in [-0.2, 0) is 6.54 Å². The molecule has 0 heterocycles. The highest BCUT2D eigenvalue weighted by Gasteiger charge is 2.29. The zero-order chi connectivity index (χ0) is 16.7. The Labute approximate surface area is 127 Å². The third-order valence-electron chi connectivity index (χ3n) is 3.21. The number of aliphatic hydroxyl groups excluding tert-OH is 5. The summed E-state index contributed by atoms with van der Waals surface area (Å²) in [6, 6.07) is 6.13. The third kappa shape index (κ3) is 5.34. The number of carboxylic acids is 1. The first-order valence-corrected chi connectivity index (χ1v) is 6.73. The molecule has 8 nitrogen and oxygen atoms in total. The second-order valence-corrected chi connectivity index (χ2v) is 4.93. The Morgan fingerprint density at radius 2 is 1.55 bits per heavy atom. The molecule has 0 aliphatic rings. The normalized spacial score (nSPS) is 16.8. The first-order valence-electron chi connectivity index (χ1n) is 6.73. The molecule has 0 radical (unpaired) electrons. The van der Waals surface area contributed by atoms with Crippen molar-refractivity contribution < 1.29 is 35.4 Å². The highest BCUT2D eigenvalue weighted by atomic mass is 16.4. The Kier molecular flexibility index (Phi) is 7.39. The quantitative estimate of drug-likeness (QED) is 0.274. The van der Waals surface area contributed by atoms with Crippen molar-refractivity contribution in [2.45, 2.75) is 31.0 Å². The van der Waals surface area contributed by atoms with E-state index in [1.54, 1.807) is 12.1 Å². The minimum atomic E-state index is -1.66. The first kappa shape index (κ1) is 18.5. The van der Waals surface area contributed by atoms with Gasteiger partial charge in [-0.05, 0) is 17.7 Å². The van der Waals surface area contributed by atoms with Crippen molar-refractivity contribution in [3.63, 3.8) is 0 Å². The molecular weight excluding hydrogens is 294 g/mol. The second kappa shape index (κ2) is 8.79. The van der Waals surface area contributed by atoms with Crippen molar-refractivity contribution in [3.8, 4) is 0 Å². The van der Waals surface area contributed by atoms with Gasteiger partial charge in [0.15, 0.2) is 0 Å². The fraction of sp³-hybridized carbons (Fsp3) is 0.500. The fourth-order valence-corrected chi connectivity index (χ4v) is 1.81. The van der Waals surface area contributed by atoms with Crippen LogP contribution >= 0.6 is 0 Å². The summed E-state index contributed by atoms with van der Waals surface area (Å²) in [5.41, 5.74) is 0.947. The lowest BCUT2D eigenvalue weighted by Gasteiger charge is -2.25. The van der Waals surface area contributed by atoms with Gasteiger partial charge in [0.1, 0.15) is 18.3 Å². The molecule has 4 atom stereocenters. The lowest BCUT2D eigenvalue weighted by Crippen LogP contribution is -2.48. The van der Waals surface area contributed by atoms with Gasteiger partial charge in [-0.3, -0.25) is 0 Å². The molecule has 0 spiro atoms. The topological polar surface area (TPSA) is 150 Å². The van der Waals surface area contributed by atoms with Gasteiger partial charge in [0.2, 0.25) is 0 Å². The van der Waals surface area contributed by atoms with Crippen LogP contribution in [0, 0.1) is 0 Å². The molecule has 0 unspecified atom stereocenters. The van der Waals surface area contributed by atoms with Gasteiger partial charge >= 0.3 is 5.97 Å². The Morgan fingerprint density at radius 3 is 2.05 bits per heavy atom. The molecular formula is C14H21NO7. The van der Waals surface area contributed by atoms with Crippen LogP contribution in [0.3, 0.4) is 0 Å². The van der Waals surface area contributed by atoms with Crippen molar-refractivity contribution in [2.75, 3.05) is 13.2 Å². The van der Waals surface area contributed by atoms with Crippen molar-refractivity contribution in [1.82, 2.24) is 5.32 Å². The zero-order valence-corrected chi connectivity index (χ0v) is 11.8. The van der Waals surface area contributed by atoms with Gasteiger partial charge in [-0.1, -0.05) is 12.1 Å². The standard InChI is InChI=1S/C14H21NO7/c16-7-11(18)13(20)12(19)10(17)6-15-5-8-1-3-9(4-2-8)14(21)22/h1-4,10-13,15-20H,5-7H2,(H,21,22)/t10-,11+,12+,13+/m0/s1. The minimum absolute atomic E-state index is 0.0585. The van der Waals surface area contributed by atoms with E-state index >= 15 is 0 Å². The molecule has 0 saturated heterocycles. The predicted molar refractivity (Wildman–Crippen MR) is 76.2 cm³/mol. The number of aliphatic hydroxyl groups is 5. The van der Waals surface area contributed by atoms with Crippen LogP contribution in [0.5, 0.6) is 0 Å². The average molecular weight is 315 g/mol. The number of rotatable bonds is 9. The second-order valence-electron chi connectivity index (χ2n) is 4.93. The molecule has 0 aliphatic carbocycles. The number of benzene rings is 1. The first-order chi connectivity index (χ1) is 10.4. The number of aromatic carboxylic acids is 1. The van der Waals surface area contributed by atoms with Gasteiger partial charge < -0.3 is 36.0 Å². The van der Waals surface area contributed by atoms with Crippen molar-refractivity contribution >= 4 is 5.97 Å². The predicted octanol–water partition coefficient (Wildman–Crippen LogP) is -2.09. The Balaban J connectivity index is 2.41. The summed E-state index contributed by atoms with van der Waals surface area (Å²) in [7, 11) is 0. The fourth-order valence-electron chi connectivity index (χ4n) is 1.81. The smallest absolute Gasteiger partial charge is 0.335 e. The summed E-state index contributed by atoms with van der Waals surface area (Å²) in [6.07, 6.45) is -6.14. The maximum Gasteiger partial charge on any atom is 0.335 e. The average Bonchev–Trinajstić information content (AvgIpc) is 2.52.